The van der Waals surface area contributed by atoms with Gasteiger partial charge in [-0.15, -0.1) is 0 Å². The topological polar surface area (TPSA) is 163 Å². The van der Waals surface area contributed by atoms with Crippen LogP contribution in [-0.2, 0) is 20.4 Å². The van der Waals surface area contributed by atoms with Gasteiger partial charge in [0.2, 0.25) is 12.4 Å². The number of benzene rings is 2. The Morgan fingerprint density at radius 1 is 0.737 bits per heavy atom. The average Bonchev–Trinajstić information content (AvgIpc) is 2.80. The van der Waals surface area contributed by atoms with Crippen LogP contribution in [0.3, 0.4) is 0 Å². The maximum atomic E-state index is 13.7. The normalized spacial score (nSPS) is 17.3. The maximum Gasteiger partial charge on any atom is 0.342 e. The van der Waals surface area contributed by atoms with E-state index in [9.17, 15) is 30.8 Å². The molecule has 0 saturated carbocycles. The first-order chi connectivity index (χ1) is 17.6. The molecule has 15 heteroatoms. The Labute approximate surface area is 220 Å². The summed E-state index contributed by atoms with van der Waals surface area (Å²) in [7, 11) is -8.53. The number of halogens is 1. The molecule has 0 fully saturated rings. The standard InChI is InChI=1S/C12H13N3O3S.C11H10FN3O3S/c1-8(2)15-12(16)10-6-4-5-9(3)11(10)14(7-13)19(15,17)18;1-7(2)15-11(16)8-4-3-5-9(12)10(8)14(6-13)19(15,17)18/h4-6,8H,1-3H3;3-5,7H,1-2H3. The van der Waals surface area contributed by atoms with Crippen molar-refractivity contribution in [2.75, 3.05) is 8.61 Å². The molecule has 2 heterocycles. The summed E-state index contributed by atoms with van der Waals surface area (Å²) in [6.07, 6.45) is 3.06. The third-order valence-corrected chi connectivity index (χ3v) is 9.19. The molecule has 4 rings (SSSR count). The fourth-order valence-corrected chi connectivity index (χ4v) is 7.18. The van der Waals surface area contributed by atoms with Crippen molar-refractivity contribution in [3.05, 3.63) is 58.9 Å². The predicted molar refractivity (Wildman–Crippen MR) is 134 cm³/mol. The van der Waals surface area contributed by atoms with Crippen molar-refractivity contribution in [2.45, 2.75) is 46.7 Å². The molecule has 0 aromatic heterocycles. The van der Waals surface area contributed by atoms with E-state index in [-0.39, 0.29) is 21.1 Å². The number of carbonyl (C=O) groups excluding carboxylic acids is 2. The third-order valence-electron chi connectivity index (χ3n) is 5.57. The van der Waals surface area contributed by atoms with Crippen LogP contribution in [0.25, 0.3) is 0 Å². The highest BCUT2D eigenvalue weighted by Crippen LogP contribution is 2.36. The summed E-state index contributed by atoms with van der Waals surface area (Å²) in [5.41, 5.74) is 0.272. The van der Waals surface area contributed by atoms with Crippen molar-refractivity contribution in [2.24, 2.45) is 0 Å². The second kappa shape index (κ2) is 9.92. The average molecular weight is 563 g/mol. The van der Waals surface area contributed by atoms with Gasteiger partial charge in [0, 0.05) is 12.1 Å². The highest BCUT2D eigenvalue weighted by molar-refractivity contribution is 7.91. The molecule has 200 valence electrons. The van der Waals surface area contributed by atoms with E-state index in [0.717, 1.165) is 10.4 Å². The second-order valence-corrected chi connectivity index (χ2v) is 12.0. The van der Waals surface area contributed by atoms with E-state index in [2.05, 4.69) is 0 Å². The number of fused-ring (bicyclic) bond motifs is 2. The van der Waals surface area contributed by atoms with Crippen LogP contribution in [0.5, 0.6) is 0 Å². The minimum atomic E-state index is -4.38. The lowest BCUT2D eigenvalue weighted by atomic mass is 10.1. The summed E-state index contributed by atoms with van der Waals surface area (Å²) < 4.78 is 64.8. The van der Waals surface area contributed by atoms with Crippen LogP contribution in [0.2, 0.25) is 0 Å². The lowest BCUT2D eigenvalue weighted by Gasteiger charge is -2.35. The smallest absolute Gasteiger partial charge is 0.268 e. The highest BCUT2D eigenvalue weighted by Gasteiger charge is 2.45. The number of para-hydroxylation sites is 2. The first-order valence-corrected chi connectivity index (χ1v) is 13.9. The quantitative estimate of drug-likeness (QED) is 0.504. The first-order valence-electron chi connectivity index (χ1n) is 11.1. The zero-order chi connectivity index (χ0) is 28.7. The van der Waals surface area contributed by atoms with Crippen LogP contribution in [0.15, 0.2) is 36.4 Å². The van der Waals surface area contributed by atoms with Gasteiger partial charge in [-0.1, -0.05) is 18.2 Å². The molecule has 0 bridgehead atoms. The van der Waals surface area contributed by atoms with Gasteiger partial charge in [-0.25, -0.2) is 13.0 Å². The largest absolute Gasteiger partial charge is 0.342 e. The SMILES string of the molecule is CC(C)N1C(=O)c2cccc(F)c2N(C#N)S1(=O)=O.Cc1cccc2c1N(C#N)S(=O)(=O)N(C(C)C)C2=O. The van der Waals surface area contributed by atoms with Gasteiger partial charge in [-0.3, -0.25) is 9.59 Å². The van der Waals surface area contributed by atoms with E-state index < -0.39 is 55.8 Å². The summed E-state index contributed by atoms with van der Waals surface area (Å²) in [6, 6.07) is 7.20. The van der Waals surface area contributed by atoms with Crippen molar-refractivity contribution < 1.29 is 30.8 Å². The van der Waals surface area contributed by atoms with Crippen molar-refractivity contribution in [3.63, 3.8) is 0 Å². The molecule has 2 aliphatic rings. The third kappa shape index (κ3) is 4.29. The second-order valence-electron chi connectivity index (χ2n) is 8.74. The molecule has 2 amide bonds. The molecule has 12 nitrogen and oxygen atoms in total. The highest BCUT2D eigenvalue weighted by atomic mass is 32.2. The molecule has 0 radical (unpaired) electrons. The van der Waals surface area contributed by atoms with Crippen LogP contribution in [0.4, 0.5) is 15.8 Å². The first kappa shape index (κ1) is 28.4. The summed E-state index contributed by atoms with van der Waals surface area (Å²) in [4.78, 5) is 24.4. The molecule has 38 heavy (non-hydrogen) atoms. The van der Waals surface area contributed by atoms with Gasteiger partial charge >= 0.3 is 20.4 Å². The Morgan fingerprint density at radius 3 is 1.55 bits per heavy atom. The van der Waals surface area contributed by atoms with Gasteiger partial charge in [0.25, 0.3) is 11.8 Å². The van der Waals surface area contributed by atoms with E-state index in [0.29, 0.717) is 14.2 Å². The Bertz CT molecular complexity index is 1500. The Hall–Kier alpha value is -4.21. The summed E-state index contributed by atoms with van der Waals surface area (Å²) in [5.74, 6) is -2.37. The van der Waals surface area contributed by atoms with Crippen LogP contribution in [0, 0.1) is 35.7 Å². The number of nitrogens with zero attached hydrogens (tertiary/aromatic N) is 6. The molecule has 0 unspecified atom stereocenters. The van der Waals surface area contributed by atoms with Gasteiger partial charge in [0.05, 0.1) is 16.8 Å². The molecule has 2 aliphatic heterocycles. The monoisotopic (exact) mass is 562 g/mol. The fourth-order valence-electron chi connectivity index (χ4n) is 4.05. The van der Waals surface area contributed by atoms with Crippen LogP contribution < -0.4 is 8.61 Å². The molecule has 0 spiro atoms. The minimum absolute atomic E-state index is 0.145. The fraction of sp³-hybridized carbons (Fsp3) is 0.304. The molecule has 0 saturated heterocycles. The molecular formula is C23H23FN6O6S2. The van der Waals surface area contributed by atoms with Crippen molar-refractivity contribution >= 4 is 43.6 Å². The van der Waals surface area contributed by atoms with Crippen molar-refractivity contribution in [1.29, 1.82) is 10.5 Å². The molecule has 0 N–H and O–H groups in total. The summed E-state index contributed by atoms with van der Waals surface area (Å²) in [6.45, 7) is 7.83. The summed E-state index contributed by atoms with van der Waals surface area (Å²) >= 11 is 0. The van der Waals surface area contributed by atoms with E-state index in [1.807, 2.05) is 0 Å². The number of rotatable bonds is 2. The number of aryl methyl sites for hydroxylation is 1. The van der Waals surface area contributed by atoms with Crippen molar-refractivity contribution in [3.8, 4) is 12.4 Å². The number of amides is 2. The lowest BCUT2D eigenvalue weighted by molar-refractivity contribution is 0.0821. The molecular weight excluding hydrogens is 539 g/mol. The lowest BCUT2D eigenvalue weighted by Crippen LogP contribution is -2.52. The van der Waals surface area contributed by atoms with Crippen molar-refractivity contribution in [1.82, 2.24) is 8.61 Å². The van der Waals surface area contributed by atoms with Crippen LogP contribution in [-0.4, -0.2) is 49.3 Å². The van der Waals surface area contributed by atoms with Crippen LogP contribution in [0.1, 0.15) is 54.0 Å². The Balaban J connectivity index is 0.000000211. The number of hydrogen-bond donors (Lipinski definition) is 0. The minimum Gasteiger partial charge on any atom is -0.268 e. The number of nitriles is 2. The van der Waals surface area contributed by atoms with E-state index in [1.165, 1.54) is 38.2 Å². The zero-order valence-electron chi connectivity index (χ0n) is 20.9. The van der Waals surface area contributed by atoms with Gasteiger partial charge in [0.1, 0.15) is 11.5 Å². The number of anilines is 2. The Morgan fingerprint density at radius 2 is 1.13 bits per heavy atom. The molecule has 2 aromatic carbocycles. The van der Waals surface area contributed by atoms with Gasteiger partial charge in [-0.05, 0) is 58.4 Å². The maximum absolute atomic E-state index is 13.7. The van der Waals surface area contributed by atoms with E-state index in [4.69, 9.17) is 10.5 Å². The molecule has 0 aliphatic carbocycles. The van der Waals surface area contributed by atoms with Gasteiger partial charge in [-0.2, -0.15) is 36.0 Å². The Kier molecular flexibility index (Phi) is 7.41. The van der Waals surface area contributed by atoms with E-state index in [1.54, 1.807) is 39.1 Å². The summed E-state index contributed by atoms with van der Waals surface area (Å²) in [5, 5.41) is 18.1. The van der Waals surface area contributed by atoms with Gasteiger partial charge < -0.3 is 0 Å². The van der Waals surface area contributed by atoms with Crippen LogP contribution >= 0.6 is 0 Å². The molecule has 2 aromatic rings. The van der Waals surface area contributed by atoms with Gasteiger partial charge in [0.15, 0.2) is 0 Å². The number of carbonyl (C=O) groups is 2. The molecule has 0 atom stereocenters. The zero-order valence-corrected chi connectivity index (χ0v) is 22.6. The predicted octanol–water partition coefficient (Wildman–Crippen LogP) is 2.61. The van der Waals surface area contributed by atoms with E-state index >= 15 is 0 Å². The number of hydrogen-bond acceptors (Lipinski definition) is 8.